The van der Waals surface area contributed by atoms with E-state index in [1.54, 1.807) is 24.3 Å². The topological polar surface area (TPSA) is 70.7 Å². The minimum Gasteiger partial charge on any atom is -0.366 e. The number of hydrogen-bond donors (Lipinski definition) is 2. The van der Waals surface area contributed by atoms with Gasteiger partial charge in [0.25, 0.3) is 0 Å². The molecule has 26 heavy (non-hydrogen) atoms. The summed E-state index contributed by atoms with van der Waals surface area (Å²) >= 11 is 0. The lowest BCUT2D eigenvalue weighted by Crippen LogP contribution is -2.38. The van der Waals surface area contributed by atoms with Crippen LogP contribution in [0.4, 0.5) is 4.39 Å². The van der Waals surface area contributed by atoms with Crippen LogP contribution >= 0.6 is 24.0 Å². The smallest absolute Gasteiger partial charge is 0.248 e. The summed E-state index contributed by atoms with van der Waals surface area (Å²) in [5, 5.41) is 3.22. The van der Waals surface area contributed by atoms with Crippen molar-refractivity contribution in [2.45, 2.75) is 20.0 Å². The number of aliphatic imine (C=N–C) groups is 1. The van der Waals surface area contributed by atoms with E-state index in [2.05, 4.69) is 10.3 Å². The minimum absolute atomic E-state index is 0. The molecule has 0 saturated heterocycles. The average molecular weight is 470 g/mol. The molecule has 2 rings (SSSR count). The molecule has 2 aromatic carbocycles. The van der Waals surface area contributed by atoms with Gasteiger partial charge < -0.3 is 16.0 Å². The number of nitrogens with two attached hydrogens (primary N) is 1. The first-order chi connectivity index (χ1) is 12.0. The van der Waals surface area contributed by atoms with E-state index in [-0.39, 0.29) is 29.8 Å². The standard InChI is InChI=1S/C19H23FN4O.HI/c1-3-22-19(24(2)13-15-7-5-9-17(20)11-15)23-12-14-6-4-8-16(10-14)18(21)25;/h4-11H,3,12-13H2,1-2H3,(H2,21,25)(H,22,23);1H. The van der Waals surface area contributed by atoms with Crippen molar-refractivity contribution in [2.24, 2.45) is 10.7 Å². The highest BCUT2D eigenvalue weighted by Crippen LogP contribution is 2.09. The molecule has 5 nitrogen and oxygen atoms in total. The fourth-order valence-electron chi connectivity index (χ4n) is 2.44. The zero-order valence-electron chi connectivity index (χ0n) is 14.9. The van der Waals surface area contributed by atoms with Gasteiger partial charge in [-0.05, 0) is 42.3 Å². The molecule has 0 heterocycles. The molecule has 140 valence electrons. The summed E-state index contributed by atoms with van der Waals surface area (Å²) in [4.78, 5) is 17.8. The second-order valence-electron chi connectivity index (χ2n) is 5.72. The fraction of sp³-hybridized carbons (Fsp3) is 0.263. The number of nitrogens with zero attached hydrogens (tertiary/aromatic N) is 2. The predicted octanol–water partition coefficient (Wildman–Crippen LogP) is 3.14. The first-order valence-electron chi connectivity index (χ1n) is 8.12. The Hall–Kier alpha value is -2.16. The molecule has 3 N–H and O–H groups in total. The molecule has 0 aliphatic rings. The number of halogens is 2. The maximum atomic E-state index is 13.3. The van der Waals surface area contributed by atoms with E-state index in [0.717, 1.165) is 11.1 Å². The Bertz CT molecular complexity index is 767. The van der Waals surface area contributed by atoms with Gasteiger partial charge in [0.2, 0.25) is 5.91 Å². The van der Waals surface area contributed by atoms with Crippen LogP contribution in [0.2, 0.25) is 0 Å². The summed E-state index contributed by atoms with van der Waals surface area (Å²) < 4.78 is 13.3. The summed E-state index contributed by atoms with van der Waals surface area (Å²) in [7, 11) is 1.90. The van der Waals surface area contributed by atoms with E-state index in [0.29, 0.717) is 31.2 Å². The molecule has 0 aliphatic heterocycles. The third-order valence-corrected chi connectivity index (χ3v) is 3.63. The summed E-state index contributed by atoms with van der Waals surface area (Å²) in [6.45, 7) is 3.65. The number of guanidine groups is 1. The highest BCUT2D eigenvalue weighted by Gasteiger charge is 2.08. The molecule has 0 bridgehead atoms. The maximum absolute atomic E-state index is 13.3. The van der Waals surface area contributed by atoms with Crippen molar-refractivity contribution in [3.05, 3.63) is 71.0 Å². The highest BCUT2D eigenvalue weighted by atomic mass is 127. The molecule has 0 aliphatic carbocycles. The molecular formula is C19H24FIN4O. The predicted molar refractivity (Wildman–Crippen MR) is 113 cm³/mol. The van der Waals surface area contributed by atoms with Crippen molar-refractivity contribution in [1.82, 2.24) is 10.2 Å². The Kier molecular flexibility index (Phi) is 9.04. The summed E-state index contributed by atoms with van der Waals surface area (Å²) in [5.74, 6) is -0.00620. The second-order valence-corrected chi connectivity index (χ2v) is 5.72. The van der Waals surface area contributed by atoms with Crippen LogP contribution in [-0.2, 0) is 13.1 Å². The van der Waals surface area contributed by atoms with E-state index in [1.165, 1.54) is 12.1 Å². The van der Waals surface area contributed by atoms with Crippen molar-refractivity contribution in [3.63, 3.8) is 0 Å². The van der Waals surface area contributed by atoms with Crippen molar-refractivity contribution in [3.8, 4) is 0 Å². The molecule has 0 atom stereocenters. The average Bonchev–Trinajstić information content (AvgIpc) is 2.58. The van der Waals surface area contributed by atoms with Gasteiger partial charge in [-0.3, -0.25) is 4.79 Å². The van der Waals surface area contributed by atoms with Gasteiger partial charge in [-0.1, -0.05) is 24.3 Å². The van der Waals surface area contributed by atoms with E-state index in [9.17, 15) is 9.18 Å². The zero-order valence-corrected chi connectivity index (χ0v) is 17.2. The van der Waals surface area contributed by atoms with Gasteiger partial charge in [0.05, 0.1) is 6.54 Å². The van der Waals surface area contributed by atoms with Gasteiger partial charge in [0.1, 0.15) is 5.82 Å². The second kappa shape index (κ2) is 10.7. The summed E-state index contributed by atoms with van der Waals surface area (Å²) in [6, 6.07) is 13.6. The Morgan fingerprint density at radius 3 is 2.54 bits per heavy atom. The van der Waals surface area contributed by atoms with Crippen LogP contribution in [0.5, 0.6) is 0 Å². The molecule has 0 saturated carbocycles. The molecule has 7 heteroatoms. The largest absolute Gasteiger partial charge is 0.366 e. The molecule has 2 aromatic rings. The minimum atomic E-state index is -0.457. The number of carbonyl (C=O) groups excluding carboxylic acids is 1. The first kappa shape index (κ1) is 21.9. The lowest BCUT2D eigenvalue weighted by atomic mass is 10.1. The molecule has 0 spiro atoms. The Morgan fingerprint density at radius 2 is 1.88 bits per heavy atom. The van der Waals surface area contributed by atoms with Crippen LogP contribution in [0.15, 0.2) is 53.5 Å². The SMILES string of the molecule is CCNC(=NCc1cccc(C(N)=O)c1)N(C)Cc1cccc(F)c1.I. The lowest BCUT2D eigenvalue weighted by molar-refractivity contribution is 0.1000. The highest BCUT2D eigenvalue weighted by molar-refractivity contribution is 14.0. The lowest BCUT2D eigenvalue weighted by Gasteiger charge is -2.22. The molecule has 0 fully saturated rings. The quantitative estimate of drug-likeness (QED) is 0.387. The molecule has 0 radical (unpaired) electrons. The third-order valence-electron chi connectivity index (χ3n) is 3.63. The fourth-order valence-corrected chi connectivity index (χ4v) is 2.44. The van der Waals surface area contributed by atoms with Crippen molar-refractivity contribution >= 4 is 35.8 Å². The van der Waals surface area contributed by atoms with E-state index in [4.69, 9.17) is 5.73 Å². The molecular weight excluding hydrogens is 446 g/mol. The maximum Gasteiger partial charge on any atom is 0.248 e. The summed E-state index contributed by atoms with van der Waals surface area (Å²) in [5.41, 5.74) is 7.53. The van der Waals surface area contributed by atoms with Crippen LogP contribution < -0.4 is 11.1 Å². The first-order valence-corrected chi connectivity index (χ1v) is 8.12. The summed E-state index contributed by atoms with van der Waals surface area (Å²) in [6.07, 6.45) is 0. The van der Waals surface area contributed by atoms with Gasteiger partial charge in [-0.25, -0.2) is 9.38 Å². The number of carbonyl (C=O) groups is 1. The number of nitrogens with one attached hydrogen (secondary N) is 1. The van der Waals surface area contributed by atoms with Crippen LogP contribution in [0.25, 0.3) is 0 Å². The number of primary amides is 1. The Labute approximate surface area is 170 Å². The van der Waals surface area contributed by atoms with Gasteiger partial charge in [-0.15, -0.1) is 24.0 Å². The van der Waals surface area contributed by atoms with E-state index in [1.807, 2.05) is 31.0 Å². The normalized spacial score (nSPS) is 10.8. The zero-order chi connectivity index (χ0) is 18.2. The van der Waals surface area contributed by atoms with E-state index >= 15 is 0 Å². The molecule has 0 aromatic heterocycles. The van der Waals surface area contributed by atoms with Gasteiger partial charge in [-0.2, -0.15) is 0 Å². The van der Waals surface area contributed by atoms with Crippen LogP contribution in [0.1, 0.15) is 28.4 Å². The van der Waals surface area contributed by atoms with Crippen LogP contribution in [-0.4, -0.2) is 30.4 Å². The van der Waals surface area contributed by atoms with Crippen molar-refractivity contribution in [2.75, 3.05) is 13.6 Å². The van der Waals surface area contributed by atoms with Crippen molar-refractivity contribution < 1.29 is 9.18 Å². The van der Waals surface area contributed by atoms with Gasteiger partial charge in [0.15, 0.2) is 5.96 Å². The van der Waals surface area contributed by atoms with Gasteiger partial charge >= 0.3 is 0 Å². The Balaban J connectivity index is 0.00000338. The number of hydrogen-bond acceptors (Lipinski definition) is 2. The molecule has 0 unspecified atom stereocenters. The van der Waals surface area contributed by atoms with Crippen LogP contribution in [0.3, 0.4) is 0 Å². The van der Waals surface area contributed by atoms with E-state index < -0.39 is 5.91 Å². The number of amides is 1. The van der Waals surface area contributed by atoms with Gasteiger partial charge in [0, 0.05) is 25.7 Å². The molecule has 1 amide bonds. The van der Waals surface area contributed by atoms with Crippen LogP contribution in [0, 0.1) is 5.82 Å². The number of rotatable bonds is 6. The monoisotopic (exact) mass is 470 g/mol. The van der Waals surface area contributed by atoms with Crippen molar-refractivity contribution in [1.29, 1.82) is 0 Å². The number of benzene rings is 2. The Morgan fingerprint density at radius 1 is 1.19 bits per heavy atom. The third kappa shape index (κ3) is 6.62.